The van der Waals surface area contributed by atoms with Gasteiger partial charge >= 0.3 is 6.09 Å². The van der Waals surface area contributed by atoms with Crippen molar-refractivity contribution in [1.82, 2.24) is 19.8 Å². The smallest absolute Gasteiger partial charge is 0.410 e. The van der Waals surface area contributed by atoms with Gasteiger partial charge in [0.15, 0.2) is 0 Å². The number of hydrogen-bond acceptors (Lipinski definition) is 5. The number of aryl methyl sites for hydroxylation is 1. The summed E-state index contributed by atoms with van der Waals surface area (Å²) in [4.78, 5) is 25.4. The SMILES string of the molecule is O=C(Oc1ccc(Cc2ccccn2)cc1)N1CCN(CCCc2ccccn2)CC1. The van der Waals surface area contributed by atoms with Crippen molar-refractivity contribution < 1.29 is 9.53 Å². The highest BCUT2D eigenvalue weighted by atomic mass is 16.6. The summed E-state index contributed by atoms with van der Waals surface area (Å²) in [5, 5.41) is 0. The Hall–Kier alpha value is -3.25. The molecule has 0 N–H and O–H groups in total. The van der Waals surface area contributed by atoms with Crippen LogP contribution in [0, 0.1) is 0 Å². The highest BCUT2D eigenvalue weighted by molar-refractivity contribution is 5.70. The van der Waals surface area contributed by atoms with Gasteiger partial charge in [0, 0.05) is 56.4 Å². The summed E-state index contributed by atoms with van der Waals surface area (Å²) in [5.74, 6) is 0.576. The molecule has 3 heterocycles. The van der Waals surface area contributed by atoms with Crippen LogP contribution in [0.2, 0.25) is 0 Å². The van der Waals surface area contributed by atoms with Crippen molar-refractivity contribution in [2.24, 2.45) is 0 Å². The number of aromatic nitrogens is 2. The number of nitrogens with zero attached hydrogens (tertiary/aromatic N) is 4. The molecule has 0 radical (unpaired) electrons. The Bertz CT molecular complexity index is 940. The first-order valence-electron chi connectivity index (χ1n) is 10.8. The van der Waals surface area contributed by atoms with Gasteiger partial charge in [-0.15, -0.1) is 0 Å². The standard InChI is InChI=1S/C25H28N4O2/c30-25(31-24-11-9-21(10-12-24)20-23-7-2-4-14-27-23)29-18-16-28(17-19-29)15-5-8-22-6-1-3-13-26-22/h1-4,6-7,9-14H,5,8,15-20H2. The molecule has 160 valence electrons. The quantitative estimate of drug-likeness (QED) is 0.586. The predicted octanol–water partition coefficient (Wildman–Crippen LogP) is 3.82. The molecule has 1 amide bonds. The zero-order valence-electron chi connectivity index (χ0n) is 17.7. The van der Waals surface area contributed by atoms with Crippen LogP contribution < -0.4 is 4.74 Å². The van der Waals surface area contributed by atoms with Crippen molar-refractivity contribution in [3.8, 4) is 5.75 Å². The lowest BCUT2D eigenvalue weighted by atomic mass is 10.1. The molecule has 6 heteroatoms. The van der Waals surface area contributed by atoms with E-state index in [0.29, 0.717) is 18.8 Å². The molecule has 1 aliphatic heterocycles. The average Bonchev–Trinajstić information content (AvgIpc) is 2.82. The van der Waals surface area contributed by atoms with Gasteiger partial charge < -0.3 is 9.64 Å². The van der Waals surface area contributed by atoms with Gasteiger partial charge in [0.1, 0.15) is 5.75 Å². The monoisotopic (exact) mass is 416 g/mol. The molecule has 0 aliphatic carbocycles. The van der Waals surface area contributed by atoms with Crippen molar-refractivity contribution in [3.05, 3.63) is 90.0 Å². The number of rotatable bonds is 7. The number of ether oxygens (including phenoxy) is 1. The van der Waals surface area contributed by atoms with E-state index in [9.17, 15) is 4.79 Å². The summed E-state index contributed by atoms with van der Waals surface area (Å²) in [5.41, 5.74) is 3.29. The van der Waals surface area contributed by atoms with Crippen molar-refractivity contribution in [3.63, 3.8) is 0 Å². The predicted molar refractivity (Wildman–Crippen MR) is 120 cm³/mol. The lowest BCUT2D eigenvalue weighted by Gasteiger charge is -2.34. The van der Waals surface area contributed by atoms with Crippen LogP contribution >= 0.6 is 0 Å². The minimum absolute atomic E-state index is 0.273. The Morgan fingerprint density at radius 3 is 2.16 bits per heavy atom. The van der Waals surface area contributed by atoms with Crippen LogP contribution in [0.4, 0.5) is 4.79 Å². The van der Waals surface area contributed by atoms with Gasteiger partial charge in [-0.25, -0.2) is 4.79 Å². The van der Waals surface area contributed by atoms with Crippen LogP contribution in [-0.4, -0.2) is 58.6 Å². The van der Waals surface area contributed by atoms with E-state index in [-0.39, 0.29) is 6.09 Å². The molecule has 6 nitrogen and oxygen atoms in total. The maximum absolute atomic E-state index is 12.5. The molecule has 2 aromatic heterocycles. The van der Waals surface area contributed by atoms with E-state index < -0.39 is 0 Å². The van der Waals surface area contributed by atoms with Crippen LogP contribution in [0.1, 0.15) is 23.4 Å². The summed E-state index contributed by atoms with van der Waals surface area (Å²) in [7, 11) is 0. The van der Waals surface area contributed by atoms with E-state index in [4.69, 9.17) is 4.74 Å². The Balaban J connectivity index is 1.18. The lowest BCUT2D eigenvalue weighted by molar-refractivity contribution is 0.110. The molecule has 3 aromatic rings. The molecular weight excluding hydrogens is 388 g/mol. The largest absolute Gasteiger partial charge is 0.415 e. The van der Waals surface area contributed by atoms with E-state index >= 15 is 0 Å². The third kappa shape index (κ3) is 6.36. The second kappa shape index (κ2) is 10.7. The van der Waals surface area contributed by atoms with Crippen LogP contribution in [0.3, 0.4) is 0 Å². The zero-order valence-corrected chi connectivity index (χ0v) is 17.7. The summed E-state index contributed by atoms with van der Waals surface area (Å²) in [6, 6.07) is 19.6. The number of pyridine rings is 2. The molecule has 0 bridgehead atoms. The zero-order chi connectivity index (χ0) is 21.3. The van der Waals surface area contributed by atoms with Gasteiger partial charge in [-0.05, 0) is 61.3 Å². The molecule has 1 aliphatic rings. The van der Waals surface area contributed by atoms with Crippen molar-refractivity contribution in [1.29, 1.82) is 0 Å². The molecule has 4 rings (SSSR count). The van der Waals surface area contributed by atoms with E-state index in [0.717, 1.165) is 55.8 Å². The van der Waals surface area contributed by atoms with Crippen molar-refractivity contribution in [2.45, 2.75) is 19.3 Å². The lowest BCUT2D eigenvalue weighted by Crippen LogP contribution is -2.49. The summed E-state index contributed by atoms with van der Waals surface area (Å²) >= 11 is 0. The second-order valence-electron chi connectivity index (χ2n) is 7.76. The fourth-order valence-electron chi connectivity index (χ4n) is 3.74. The number of hydrogen-bond donors (Lipinski definition) is 0. The molecule has 1 aromatic carbocycles. The van der Waals surface area contributed by atoms with Gasteiger partial charge in [-0.2, -0.15) is 0 Å². The fourth-order valence-corrected chi connectivity index (χ4v) is 3.74. The van der Waals surface area contributed by atoms with E-state index in [1.165, 1.54) is 0 Å². The first kappa shape index (κ1) is 21.0. The van der Waals surface area contributed by atoms with Gasteiger partial charge in [-0.1, -0.05) is 24.3 Å². The fraction of sp³-hybridized carbons (Fsp3) is 0.320. The van der Waals surface area contributed by atoms with Crippen LogP contribution in [-0.2, 0) is 12.8 Å². The highest BCUT2D eigenvalue weighted by Gasteiger charge is 2.22. The third-order valence-electron chi connectivity index (χ3n) is 5.50. The van der Waals surface area contributed by atoms with Crippen molar-refractivity contribution in [2.75, 3.05) is 32.7 Å². The summed E-state index contributed by atoms with van der Waals surface area (Å²) in [6.45, 7) is 4.16. The molecule has 0 saturated carbocycles. The first-order chi connectivity index (χ1) is 15.3. The maximum Gasteiger partial charge on any atom is 0.415 e. The topological polar surface area (TPSA) is 58.6 Å². The number of carbonyl (C=O) groups is 1. The minimum Gasteiger partial charge on any atom is -0.410 e. The second-order valence-corrected chi connectivity index (χ2v) is 7.76. The first-order valence-corrected chi connectivity index (χ1v) is 10.8. The molecule has 0 atom stereocenters. The van der Waals surface area contributed by atoms with Gasteiger partial charge in [0.2, 0.25) is 0 Å². The van der Waals surface area contributed by atoms with Crippen molar-refractivity contribution >= 4 is 6.09 Å². The average molecular weight is 417 g/mol. The van der Waals surface area contributed by atoms with E-state index in [1.807, 2.05) is 60.8 Å². The Morgan fingerprint density at radius 1 is 0.839 bits per heavy atom. The Morgan fingerprint density at radius 2 is 1.52 bits per heavy atom. The molecule has 0 unspecified atom stereocenters. The maximum atomic E-state index is 12.5. The molecule has 1 saturated heterocycles. The van der Waals surface area contributed by atoms with Crippen LogP contribution in [0.25, 0.3) is 0 Å². The van der Waals surface area contributed by atoms with E-state index in [1.54, 1.807) is 11.1 Å². The van der Waals surface area contributed by atoms with Crippen LogP contribution in [0.15, 0.2) is 73.1 Å². The molecule has 0 spiro atoms. The van der Waals surface area contributed by atoms with Crippen LogP contribution in [0.5, 0.6) is 5.75 Å². The Labute approximate surface area is 183 Å². The minimum atomic E-state index is -0.273. The van der Waals surface area contributed by atoms with E-state index in [2.05, 4.69) is 20.9 Å². The third-order valence-corrected chi connectivity index (χ3v) is 5.50. The van der Waals surface area contributed by atoms with Gasteiger partial charge in [0.05, 0.1) is 0 Å². The number of carbonyl (C=O) groups excluding carboxylic acids is 1. The Kier molecular flexibility index (Phi) is 7.24. The number of benzene rings is 1. The summed E-state index contributed by atoms with van der Waals surface area (Å²) < 4.78 is 5.58. The van der Waals surface area contributed by atoms with Gasteiger partial charge in [0.25, 0.3) is 0 Å². The summed E-state index contributed by atoms with van der Waals surface area (Å²) in [6.07, 6.45) is 6.19. The molecule has 31 heavy (non-hydrogen) atoms. The normalized spacial score (nSPS) is 14.4. The van der Waals surface area contributed by atoms with Gasteiger partial charge in [-0.3, -0.25) is 14.9 Å². The number of amides is 1. The highest BCUT2D eigenvalue weighted by Crippen LogP contribution is 2.16. The molecule has 1 fully saturated rings. The molecular formula is C25H28N4O2. The number of piperazine rings is 1.